The van der Waals surface area contributed by atoms with Crippen molar-refractivity contribution in [3.63, 3.8) is 0 Å². The van der Waals surface area contributed by atoms with E-state index in [-0.39, 0.29) is 5.91 Å². The molecule has 22 heavy (non-hydrogen) atoms. The smallest absolute Gasteiger partial charge is 0.292 e. The Morgan fingerprint density at radius 1 is 1.05 bits per heavy atom. The van der Waals surface area contributed by atoms with Gasteiger partial charge in [-0.05, 0) is 38.1 Å². The van der Waals surface area contributed by atoms with Gasteiger partial charge in [0.05, 0.1) is 5.69 Å². The lowest BCUT2D eigenvalue weighted by atomic mass is 10.2. The van der Waals surface area contributed by atoms with E-state index in [1.54, 1.807) is 0 Å². The highest BCUT2D eigenvalue weighted by Crippen LogP contribution is 2.26. The maximum Gasteiger partial charge on any atom is 0.292 e. The summed E-state index contributed by atoms with van der Waals surface area (Å²) in [6.45, 7) is 3.91. The zero-order chi connectivity index (χ0) is 15.6. The van der Waals surface area contributed by atoms with Gasteiger partial charge in [0.2, 0.25) is 5.84 Å². The van der Waals surface area contributed by atoms with Crippen molar-refractivity contribution < 1.29 is 4.79 Å². The minimum absolute atomic E-state index is 0.252. The molecule has 0 saturated carbocycles. The second-order valence-corrected chi connectivity index (χ2v) is 5.56. The summed E-state index contributed by atoms with van der Waals surface area (Å²) >= 11 is 0. The van der Waals surface area contributed by atoms with Crippen LogP contribution in [0.2, 0.25) is 0 Å². The fourth-order valence-electron chi connectivity index (χ4n) is 2.36. The Morgan fingerprint density at radius 2 is 1.64 bits per heavy atom. The Kier molecular flexibility index (Phi) is 3.55. The summed E-state index contributed by atoms with van der Waals surface area (Å²) < 4.78 is 0. The quantitative estimate of drug-likeness (QED) is 0.915. The van der Waals surface area contributed by atoms with E-state index in [1.807, 2.05) is 79.5 Å². The minimum Gasteiger partial charge on any atom is -0.319 e. The largest absolute Gasteiger partial charge is 0.319 e. The molecule has 2 aromatic carbocycles. The molecule has 2 N–H and O–H groups in total. The van der Waals surface area contributed by atoms with Gasteiger partial charge in [-0.15, -0.1) is 0 Å². The number of amides is 1. The molecule has 0 radical (unpaired) electrons. The molecule has 112 valence electrons. The third-order valence-electron chi connectivity index (χ3n) is 3.41. The van der Waals surface area contributed by atoms with Crippen molar-refractivity contribution in [1.82, 2.24) is 5.43 Å². The van der Waals surface area contributed by atoms with E-state index in [0.29, 0.717) is 5.84 Å². The minimum atomic E-state index is -0.537. The van der Waals surface area contributed by atoms with Crippen LogP contribution < -0.4 is 15.8 Å². The SMILES string of the molecule is CC1(C)N=C(C(=O)Nc2ccccc2)NN1c1ccccc1. The van der Waals surface area contributed by atoms with Crippen LogP contribution in [0.1, 0.15) is 13.8 Å². The third-order valence-corrected chi connectivity index (χ3v) is 3.41. The number of carbonyl (C=O) groups excluding carboxylic acids is 1. The Hall–Kier alpha value is -2.82. The van der Waals surface area contributed by atoms with Crippen LogP contribution in [0.5, 0.6) is 0 Å². The number of rotatable bonds is 3. The van der Waals surface area contributed by atoms with Crippen molar-refractivity contribution in [3.8, 4) is 0 Å². The Bertz CT molecular complexity index is 695. The highest BCUT2D eigenvalue weighted by molar-refractivity contribution is 6.43. The van der Waals surface area contributed by atoms with Crippen molar-refractivity contribution in [2.75, 3.05) is 10.3 Å². The molecule has 0 aromatic heterocycles. The monoisotopic (exact) mass is 294 g/mol. The summed E-state index contributed by atoms with van der Waals surface area (Å²) in [6, 6.07) is 19.1. The van der Waals surface area contributed by atoms with E-state index in [9.17, 15) is 4.79 Å². The van der Waals surface area contributed by atoms with Crippen LogP contribution in [-0.2, 0) is 4.79 Å². The lowest BCUT2D eigenvalue weighted by Gasteiger charge is -2.30. The van der Waals surface area contributed by atoms with Gasteiger partial charge in [0, 0.05) is 5.69 Å². The molecule has 3 rings (SSSR count). The van der Waals surface area contributed by atoms with Crippen molar-refractivity contribution in [1.29, 1.82) is 0 Å². The number of benzene rings is 2. The predicted molar refractivity (Wildman–Crippen MR) is 88.6 cm³/mol. The molecule has 0 aliphatic carbocycles. The third kappa shape index (κ3) is 2.79. The van der Waals surface area contributed by atoms with Crippen molar-refractivity contribution in [2.45, 2.75) is 19.5 Å². The Morgan fingerprint density at radius 3 is 2.27 bits per heavy atom. The van der Waals surface area contributed by atoms with Gasteiger partial charge in [0.25, 0.3) is 5.91 Å². The molecule has 0 spiro atoms. The molecule has 5 heteroatoms. The maximum absolute atomic E-state index is 12.3. The first-order valence-corrected chi connectivity index (χ1v) is 7.14. The van der Waals surface area contributed by atoms with Gasteiger partial charge in [-0.1, -0.05) is 36.4 Å². The number of hydrogen-bond acceptors (Lipinski definition) is 4. The number of hydrogen-bond donors (Lipinski definition) is 2. The average molecular weight is 294 g/mol. The van der Waals surface area contributed by atoms with Crippen LogP contribution >= 0.6 is 0 Å². The highest BCUT2D eigenvalue weighted by Gasteiger charge is 2.36. The van der Waals surface area contributed by atoms with Gasteiger partial charge in [0.1, 0.15) is 5.66 Å². The van der Waals surface area contributed by atoms with Crippen molar-refractivity contribution >= 4 is 23.1 Å². The number of hydrazine groups is 1. The van der Waals surface area contributed by atoms with E-state index < -0.39 is 5.66 Å². The first kappa shape index (κ1) is 14.1. The molecule has 1 heterocycles. The zero-order valence-electron chi connectivity index (χ0n) is 12.6. The number of carbonyl (C=O) groups is 1. The van der Waals surface area contributed by atoms with Gasteiger partial charge in [-0.2, -0.15) is 0 Å². The van der Waals surface area contributed by atoms with E-state index in [0.717, 1.165) is 11.4 Å². The van der Waals surface area contributed by atoms with Crippen molar-refractivity contribution in [2.24, 2.45) is 4.99 Å². The van der Waals surface area contributed by atoms with Gasteiger partial charge in [0.15, 0.2) is 0 Å². The molecule has 1 aliphatic rings. The van der Waals surface area contributed by atoms with Gasteiger partial charge in [-0.25, -0.2) is 4.99 Å². The van der Waals surface area contributed by atoms with Crippen LogP contribution in [0.3, 0.4) is 0 Å². The molecule has 0 fully saturated rings. The number of amidine groups is 1. The number of anilines is 2. The normalized spacial score (nSPS) is 15.9. The standard InChI is InChI=1S/C17H18N4O/c1-17(2)19-15(16(22)18-13-9-5-3-6-10-13)20-21(17)14-11-7-4-8-12-14/h3-12H,1-2H3,(H,18,22)(H,19,20). The van der Waals surface area contributed by atoms with Gasteiger partial charge < -0.3 is 5.32 Å². The molecule has 0 bridgehead atoms. The summed E-state index contributed by atoms with van der Waals surface area (Å²) in [6.07, 6.45) is 0. The lowest BCUT2D eigenvalue weighted by Crippen LogP contribution is -2.48. The van der Waals surface area contributed by atoms with E-state index >= 15 is 0 Å². The molecular formula is C17H18N4O. The fraction of sp³-hybridized carbons (Fsp3) is 0.176. The molecule has 2 aromatic rings. The van der Waals surface area contributed by atoms with Crippen LogP contribution in [0.4, 0.5) is 11.4 Å². The van der Waals surface area contributed by atoms with Gasteiger partial charge in [-0.3, -0.25) is 15.2 Å². The predicted octanol–water partition coefficient (Wildman–Crippen LogP) is 2.78. The summed E-state index contributed by atoms with van der Waals surface area (Å²) in [5.74, 6) is 0.0513. The number of aliphatic imine (C=N–C) groups is 1. The first-order chi connectivity index (χ1) is 10.6. The molecular weight excluding hydrogens is 276 g/mol. The first-order valence-electron chi connectivity index (χ1n) is 7.14. The molecule has 0 atom stereocenters. The Balaban J connectivity index is 1.78. The van der Waals surface area contributed by atoms with Crippen LogP contribution in [0.25, 0.3) is 0 Å². The second-order valence-electron chi connectivity index (χ2n) is 5.56. The van der Waals surface area contributed by atoms with Crippen molar-refractivity contribution in [3.05, 3.63) is 60.7 Å². The molecule has 0 unspecified atom stereocenters. The maximum atomic E-state index is 12.3. The second kappa shape index (κ2) is 5.52. The summed E-state index contributed by atoms with van der Waals surface area (Å²) in [7, 11) is 0. The molecule has 1 aliphatic heterocycles. The topological polar surface area (TPSA) is 56.7 Å². The highest BCUT2D eigenvalue weighted by atomic mass is 16.2. The fourth-order valence-corrected chi connectivity index (χ4v) is 2.36. The number of nitrogens with one attached hydrogen (secondary N) is 2. The molecule has 5 nitrogen and oxygen atoms in total. The van der Waals surface area contributed by atoms with Crippen LogP contribution in [0, 0.1) is 0 Å². The average Bonchev–Trinajstić information content (AvgIpc) is 2.85. The summed E-state index contributed by atoms with van der Waals surface area (Å²) in [5, 5.41) is 4.72. The number of nitrogens with zero attached hydrogens (tertiary/aromatic N) is 2. The molecule has 0 saturated heterocycles. The Labute approximate surface area is 129 Å². The van der Waals surface area contributed by atoms with Gasteiger partial charge >= 0.3 is 0 Å². The number of para-hydroxylation sites is 2. The van der Waals surface area contributed by atoms with E-state index in [1.165, 1.54) is 0 Å². The lowest BCUT2D eigenvalue weighted by molar-refractivity contribution is -0.110. The van der Waals surface area contributed by atoms with Crippen LogP contribution in [-0.4, -0.2) is 17.4 Å². The zero-order valence-corrected chi connectivity index (χ0v) is 12.6. The summed E-state index contributed by atoms with van der Waals surface area (Å²) in [5.41, 5.74) is 4.25. The van der Waals surface area contributed by atoms with E-state index in [4.69, 9.17) is 0 Å². The molecule has 1 amide bonds. The van der Waals surface area contributed by atoms with Crippen LogP contribution in [0.15, 0.2) is 65.7 Å². The van der Waals surface area contributed by atoms with E-state index in [2.05, 4.69) is 15.7 Å². The summed E-state index contributed by atoms with van der Waals surface area (Å²) in [4.78, 5) is 16.8.